The van der Waals surface area contributed by atoms with Gasteiger partial charge in [-0.1, -0.05) is 91.0 Å². The molecule has 262 valence electrons. The average molecular weight is 718 g/mol. The predicted molar refractivity (Wildman–Crippen MR) is 227 cm³/mol. The lowest BCUT2D eigenvalue weighted by Crippen LogP contribution is -1.89. The van der Waals surface area contributed by atoms with Crippen molar-refractivity contribution in [2.24, 2.45) is 0 Å². The first-order valence-electron chi connectivity index (χ1n) is 18.6. The van der Waals surface area contributed by atoms with Gasteiger partial charge >= 0.3 is 0 Å². The number of pyridine rings is 3. The molecule has 0 unspecified atom stereocenters. The molecule has 5 heteroatoms. The summed E-state index contributed by atoms with van der Waals surface area (Å²) in [5.41, 5.74) is 16.5. The molecule has 5 nitrogen and oxygen atoms in total. The Morgan fingerprint density at radius 2 is 0.643 bits per heavy atom. The average Bonchev–Trinajstić information content (AvgIpc) is 3.84. The maximum atomic E-state index is 6.02. The smallest absolute Gasteiger partial charge is 0.153 e. The van der Waals surface area contributed by atoms with Crippen molar-refractivity contribution in [1.29, 1.82) is 0 Å². The molecular weight excluding hydrogens is 687 g/mol. The minimum Gasteiger partial charge on any atom is -0.454 e. The fourth-order valence-corrected chi connectivity index (χ4v) is 7.85. The second kappa shape index (κ2) is 13.0. The van der Waals surface area contributed by atoms with Crippen LogP contribution >= 0.6 is 0 Å². The maximum absolute atomic E-state index is 6.02. The SMILES string of the molecule is c1cc(-c2cccc(-c3cccc(-c4cccc(-c5cccc(-c6ccc7oc8cnccc8c7c6)c5)c4)n3)c2)cc(-c2ccc3oc4cnccc4c3c2)c1. The molecule has 0 N–H and O–H groups in total. The van der Waals surface area contributed by atoms with E-state index in [-0.39, 0.29) is 0 Å². The highest BCUT2D eigenvalue weighted by molar-refractivity contribution is 6.07. The molecule has 0 saturated carbocycles. The van der Waals surface area contributed by atoms with Crippen LogP contribution in [-0.2, 0) is 0 Å². The highest BCUT2D eigenvalue weighted by atomic mass is 16.3. The number of nitrogens with zero attached hydrogens (tertiary/aromatic N) is 3. The zero-order chi connectivity index (χ0) is 37.0. The fourth-order valence-electron chi connectivity index (χ4n) is 7.85. The van der Waals surface area contributed by atoms with Gasteiger partial charge in [-0.05, 0) is 117 Å². The molecule has 0 spiro atoms. The van der Waals surface area contributed by atoms with E-state index < -0.39 is 0 Å². The molecular formula is C51H31N3O2. The summed E-state index contributed by atoms with van der Waals surface area (Å²) in [5.74, 6) is 0. The highest BCUT2D eigenvalue weighted by Gasteiger charge is 2.13. The van der Waals surface area contributed by atoms with Crippen LogP contribution in [0.15, 0.2) is 197 Å². The predicted octanol–water partition coefficient (Wildman–Crippen LogP) is 13.7. The van der Waals surface area contributed by atoms with Gasteiger partial charge in [0, 0.05) is 45.1 Å². The Labute approximate surface area is 322 Å². The number of aromatic nitrogens is 3. The molecule has 0 radical (unpaired) electrons. The summed E-state index contributed by atoms with van der Waals surface area (Å²) in [5, 5.41) is 4.33. The molecule has 11 aromatic rings. The Hall–Kier alpha value is -7.63. The number of fused-ring (bicyclic) bond motifs is 6. The first kappa shape index (κ1) is 31.9. The molecule has 0 aliphatic carbocycles. The second-order valence-electron chi connectivity index (χ2n) is 14.1. The van der Waals surface area contributed by atoms with E-state index in [0.29, 0.717) is 0 Å². The number of hydrogen-bond donors (Lipinski definition) is 0. The van der Waals surface area contributed by atoms with Crippen LogP contribution in [-0.4, -0.2) is 15.0 Å². The van der Waals surface area contributed by atoms with Crippen LogP contribution in [0.4, 0.5) is 0 Å². The Morgan fingerprint density at radius 3 is 1.07 bits per heavy atom. The Kier molecular flexibility index (Phi) is 7.42. The lowest BCUT2D eigenvalue weighted by Gasteiger charge is -2.11. The van der Waals surface area contributed by atoms with E-state index in [1.54, 1.807) is 12.4 Å². The van der Waals surface area contributed by atoms with Crippen LogP contribution in [0.3, 0.4) is 0 Å². The van der Waals surface area contributed by atoms with Gasteiger partial charge in [0.25, 0.3) is 0 Å². The lowest BCUT2D eigenvalue weighted by molar-refractivity contribution is 0.666. The molecule has 0 fully saturated rings. The summed E-state index contributed by atoms with van der Waals surface area (Å²) in [6, 6.07) is 57.7. The first-order chi connectivity index (χ1) is 27.7. The zero-order valence-electron chi connectivity index (χ0n) is 30.1. The van der Waals surface area contributed by atoms with Gasteiger partial charge in [-0.25, -0.2) is 4.98 Å². The van der Waals surface area contributed by atoms with Gasteiger partial charge in [0.05, 0.1) is 23.8 Å². The molecule has 0 atom stereocenters. The molecule has 0 bridgehead atoms. The summed E-state index contributed by atoms with van der Waals surface area (Å²) < 4.78 is 12.0. The molecule has 6 aromatic carbocycles. The maximum Gasteiger partial charge on any atom is 0.153 e. The van der Waals surface area contributed by atoms with Crippen LogP contribution in [0.5, 0.6) is 0 Å². The topological polar surface area (TPSA) is 65.0 Å². The van der Waals surface area contributed by atoms with Crippen LogP contribution in [0.2, 0.25) is 0 Å². The van der Waals surface area contributed by atoms with E-state index in [1.807, 2.05) is 36.7 Å². The third kappa shape index (κ3) is 5.62. The van der Waals surface area contributed by atoms with E-state index in [0.717, 1.165) is 111 Å². The fraction of sp³-hybridized carbons (Fsp3) is 0. The minimum absolute atomic E-state index is 0.800. The van der Waals surface area contributed by atoms with Crippen molar-refractivity contribution < 1.29 is 8.83 Å². The van der Waals surface area contributed by atoms with Gasteiger partial charge in [0.2, 0.25) is 0 Å². The molecule has 5 heterocycles. The monoisotopic (exact) mass is 717 g/mol. The Morgan fingerprint density at radius 1 is 0.286 bits per heavy atom. The normalized spacial score (nSPS) is 11.6. The van der Waals surface area contributed by atoms with Crippen LogP contribution in [0.1, 0.15) is 0 Å². The standard InChI is InChI=1S/C51H31N3O2/c1-6-32(24-34(8-1)38-16-18-48-44(28-38)42-20-22-52-30-50(42)55-48)36-10-3-12-40(26-36)46-14-5-15-47(54-46)41-13-4-11-37(27-41)33-7-2-9-35(25-33)39-17-19-49-45(29-39)43-21-23-53-31-51(43)56-49/h1-31H. The third-order valence-corrected chi connectivity index (χ3v) is 10.7. The number of furan rings is 2. The number of rotatable bonds is 6. The number of hydrogen-bond acceptors (Lipinski definition) is 5. The minimum atomic E-state index is 0.800. The zero-order valence-corrected chi connectivity index (χ0v) is 30.1. The van der Waals surface area contributed by atoms with Crippen molar-refractivity contribution in [3.63, 3.8) is 0 Å². The summed E-state index contributed by atoms with van der Waals surface area (Å²) in [4.78, 5) is 13.6. The Balaban J connectivity index is 0.886. The van der Waals surface area contributed by atoms with Crippen molar-refractivity contribution in [1.82, 2.24) is 15.0 Å². The molecule has 0 saturated heterocycles. The molecule has 11 rings (SSSR count). The summed E-state index contributed by atoms with van der Waals surface area (Å²) in [6.07, 6.45) is 7.16. The van der Waals surface area contributed by atoms with E-state index in [1.165, 1.54) is 0 Å². The van der Waals surface area contributed by atoms with Gasteiger partial charge in [-0.15, -0.1) is 0 Å². The summed E-state index contributed by atoms with van der Waals surface area (Å²) >= 11 is 0. The molecule has 56 heavy (non-hydrogen) atoms. The van der Waals surface area contributed by atoms with Crippen LogP contribution < -0.4 is 0 Å². The first-order valence-corrected chi connectivity index (χ1v) is 18.6. The quantitative estimate of drug-likeness (QED) is 0.171. The largest absolute Gasteiger partial charge is 0.454 e. The summed E-state index contributed by atoms with van der Waals surface area (Å²) in [6.45, 7) is 0. The second-order valence-corrected chi connectivity index (χ2v) is 14.1. The third-order valence-electron chi connectivity index (χ3n) is 10.7. The molecule has 0 aliphatic heterocycles. The van der Waals surface area contributed by atoms with Crippen molar-refractivity contribution >= 4 is 43.9 Å². The van der Waals surface area contributed by atoms with Gasteiger partial charge in [0.15, 0.2) is 11.2 Å². The van der Waals surface area contributed by atoms with Crippen molar-refractivity contribution in [2.75, 3.05) is 0 Å². The van der Waals surface area contributed by atoms with E-state index in [4.69, 9.17) is 13.8 Å². The lowest BCUT2D eigenvalue weighted by atomic mass is 9.96. The van der Waals surface area contributed by atoms with Gasteiger partial charge < -0.3 is 8.83 Å². The molecule has 0 amide bonds. The van der Waals surface area contributed by atoms with Crippen molar-refractivity contribution in [3.8, 4) is 67.0 Å². The van der Waals surface area contributed by atoms with Crippen LogP contribution in [0.25, 0.3) is 111 Å². The van der Waals surface area contributed by atoms with Gasteiger partial charge in [-0.3, -0.25) is 9.97 Å². The van der Waals surface area contributed by atoms with E-state index >= 15 is 0 Å². The van der Waals surface area contributed by atoms with E-state index in [2.05, 4.69) is 149 Å². The van der Waals surface area contributed by atoms with Gasteiger partial charge in [-0.2, -0.15) is 0 Å². The molecule has 5 aromatic heterocycles. The summed E-state index contributed by atoms with van der Waals surface area (Å²) in [7, 11) is 0. The van der Waals surface area contributed by atoms with Crippen molar-refractivity contribution in [3.05, 3.63) is 189 Å². The number of benzene rings is 6. The van der Waals surface area contributed by atoms with Gasteiger partial charge in [0.1, 0.15) is 11.2 Å². The molecule has 0 aliphatic rings. The van der Waals surface area contributed by atoms with Crippen LogP contribution in [0, 0.1) is 0 Å². The van der Waals surface area contributed by atoms with Crippen molar-refractivity contribution in [2.45, 2.75) is 0 Å². The highest BCUT2D eigenvalue weighted by Crippen LogP contribution is 2.36. The van der Waals surface area contributed by atoms with E-state index in [9.17, 15) is 0 Å². The Bertz CT molecular complexity index is 3070.